The van der Waals surface area contributed by atoms with Crippen molar-refractivity contribution in [3.8, 4) is 11.1 Å². The normalized spacial score (nSPS) is 11.0. The Morgan fingerprint density at radius 1 is 1.31 bits per heavy atom. The van der Waals surface area contributed by atoms with E-state index < -0.39 is 0 Å². The largest absolute Gasteiger partial charge is 0.397 e. The number of hydrogen-bond acceptors (Lipinski definition) is 3. The molecule has 2 aromatic heterocycles. The van der Waals surface area contributed by atoms with Crippen LogP contribution in [0.2, 0.25) is 0 Å². The fourth-order valence-corrected chi connectivity index (χ4v) is 1.66. The van der Waals surface area contributed by atoms with E-state index in [1.165, 1.54) is 0 Å². The molecule has 4 heteroatoms. The molecule has 0 radical (unpaired) electrons. The Balaban J connectivity index is 2.52. The number of hydrogen-bond donors (Lipinski definition) is 1. The number of rotatable bonds is 2. The zero-order valence-corrected chi connectivity index (χ0v) is 9.81. The van der Waals surface area contributed by atoms with Gasteiger partial charge in [-0.15, -0.1) is 0 Å². The lowest BCUT2D eigenvalue weighted by Crippen LogP contribution is -2.00. The summed E-state index contributed by atoms with van der Waals surface area (Å²) in [6.45, 7) is 6.20. The highest BCUT2D eigenvalue weighted by molar-refractivity contribution is 5.76. The minimum atomic E-state index is 0.357. The molecule has 2 heterocycles. The van der Waals surface area contributed by atoms with Crippen LogP contribution in [0.25, 0.3) is 11.1 Å². The van der Waals surface area contributed by atoms with Crippen molar-refractivity contribution in [3.63, 3.8) is 0 Å². The number of pyridine rings is 1. The molecule has 4 nitrogen and oxygen atoms in total. The van der Waals surface area contributed by atoms with Gasteiger partial charge in [0.2, 0.25) is 0 Å². The van der Waals surface area contributed by atoms with Crippen LogP contribution in [0.5, 0.6) is 0 Å². The van der Waals surface area contributed by atoms with Crippen molar-refractivity contribution in [1.29, 1.82) is 0 Å². The highest BCUT2D eigenvalue weighted by Crippen LogP contribution is 2.27. The Morgan fingerprint density at radius 2 is 2.06 bits per heavy atom. The van der Waals surface area contributed by atoms with Gasteiger partial charge in [-0.1, -0.05) is 0 Å². The van der Waals surface area contributed by atoms with E-state index in [2.05, 4.69) is 23.9 Å². The first-order chi connectivity index (χ1) is 7.59. The number of aromatic nitrogens is 3. The number of nitrogens with two attached hydrogens (primary N) is 1. The van der Waals surface area contributed by atoms with Crippen LogP contribution in [0.1, 0.15) is 25.6 Å². The Morgan fingerprint density at radius 3 is 2.62 bits per heavy atom. The molecule has 2 rings (SSSR count). The van der Waals surface area contributed by atoms with Crippen LogP contribution in [0, 0.1) is 6.92 Å². The topological polar surface area (TPSA) is 56.7 Å². The summed E-state index contributed by atoms with van der Waals surface area (Å²) in [6, 6.07) is 2.28. The first-order valence-corrected chi connectivity index (χ1v) is 5.35. The molecule has 84 valence electrons. The molecule has 2 aromatic rings. The van der Waals surface area contributed by atoms with Crippen molar-refractivity contribution in [2.75, 3.05) is 5.73 Å². The maximum atomic E-state index is 5.91. The molecule has 0 aliphatic rings. The molecule has 2 N–H and O–H groups in total. The van der Waals surface area contributed by atoms with Crippen LogP contribution in [0.3, 0.4) is 0 Å². The van der Waals surface area contributed by atoms with Crippen LogP contribution >= 0.6 is 0 Å². The predicted octanol–water partition coefficient (Wildman–Crippen LogP) is 2.42. The summed E-state index contributed by atoms with van der Waals surface area (Å²) in [6.07, 6.45) is 5.45. The van der Waals surface area contributed by atoms with Crippen LogP contribution in [-0.4, -0.2) is 14.8 Å². The third-order valence-corrected chi connectivity index (χ3v) is 2.59. The van der Waals surface area contributed by atoms with E-state index in [4.69, 9.17) is 5.73 Å². The van der Waals surface area contributed by atoms with Gasteiger partial charge in [-0.2, -0.15) is 5.10 Å². The lowest BCUT2D eigenvalue weighted by molar-refractivity contribution is 0.529. The van der Waals surface area contributed by atoms with E-state index in [1.54, 1.807) is 12.4 Å². The van der Waals surface area contributed by atoms with Crippen molar-refractivity contribution in [2.24, 2.45) is 0 Å². The maximum Gasteiger partial charge on any atom is 0.0672 e. The van der Waals surface area contributed by atoms with E-state index in [-0.39, 0.29) is 0 Å². The number of nitrogen functional groups attached to an aromatic ring is 1. The van der Waals surface area contributed by atoms with Crippen LogP contribution in [0.15, 0.2) is 24.7 Å². The number of nitrogens with zero attached hydrogens (tertiary/aromatic N) is 3. The van der Waals surface area contributed by atoms with Crippen molar-refractivity contribution >= 4 is 5.69 Å². The van der Waals surface area contributed by atoms with Gasteiger partial charge in [0.15, 0.2) is 0 Å². The standard InChI is InChI=1S/C12H16N4/c1-8(2)16-7-11(9(3)15-16)10-4-5-14-6-12(10)13/h4-8H,13H2,1-3H3. The second-order valence-corrected chi connectivity index (χ2v) is 4.16. The molecule has 0 spiro atoms. The minimum Gasteiger partial charge on any atom is -0.397 e. The van der Waals surface area contributed by atoms with Gasteiger partial charge in [0.25, 0.3) is 0 Å². The molecular weight excluding hydrogens is 200 g/mol. The third kappa shape index (κ3) is 1.78. The van der Waals surface area contributed by atoms with Gasteiger partial charge in [-0.3, -0.25) is 9.67 Å². The zero-order chi connectivity index (χ0) is 11.7. The fraction of sp³-hybridized carbons (Fsp3) is 0.333. The Labute approximate surface area is 95.1 Å². The van der Waals surface area contributed by atoms with Crippen molar-refractivity contribution in [1.82, 2.24) is 14.8 Å². The second kappa shape index (κ2) is 3.96. The average Bonchev–Trinajstić information content (AvgIpc) is 2.61. The molecule has 0 fully saturated rings. The summed E-state index contributed by atoms with van der Waals surface area (Å²) in [7, 11) is 0. The summed E-state index contributed by atoms with van der Waals surface area (Å²) in [4.78, 5) is 3.99. The van der Waals surface area contributed by atoms with Crippen LogP contribution < -0.4 is 5.73 Å². The molecule has 0 amide bonds. The van der Waals surface area contributed by atoms with Gasteiger partial charge < -0.3 is 5.73 Å². The summed E-state index contributed by atoms with van der Waals surface area (Å²) in [5.41, 5.74) is 9.67. The van der Waals surface area contributed by atoms with E-state index in [9.17, 15) is 0 Å². The zero-order valence-electron chi connectivity index (χ0n) is 9.81. The number of aryl methyl sites for hydroxylation is 1. The molecular formula is C12H16N4. The van der Waals surface area contributed by atoms with Gasteiger partial charge in [-0.05, 0) is 26.8 Å². The second-order valence-electron chi connectivity index (χ2n) is 4.16. The monoisotopic (exact) mass is 216 g/mol. The van der Waals surface area contributed by atoms with Gasteiger partial charge in [0, 0.05) is 29.6 Å². The van der Waals surface area contributed by atoms with Gasteiger partial charge in [0.1, 0.15) is 0 Å². The van der Waals surface area contributed by atoms with Crippen LogP contribution in [-0.2, 0) is 0 Å². The molecule has 0 aliphatic carbocycles. The summed E-state index contributed by atoms with van der Waals surface area (Å²) in [5, 5.41) is 4.47. The van der Waals surface area contributed by atoms with Crippen molar-refractivity contribution in [3.05, 3.63) is 30.4 Å². The summed E-state index contributed by atoms with van der Waals surface area (Å²) >= 11 is 0. The maximum absolute atomic E-state index is 5.91. The van der Waals surface area contributed by atoms with Gasteiger partial charge in [0.05, 0.1) is 17.6 Å². The first-order valence-electron chi connectivity index (χ1n) is 5.35. The molecule has 0 unspecified atom stereocenters. The van der Waals surface area contributed by atoms with E-state index >= 15 is 0 Å². The van der Waals surface area contributed by atoms with Crippen LogP contribution in [0.4, 0.5) is 5.69 Å². The predicted molar refractivity (Wildman–Crippen MR) is 65.0 cm³/mol. The highest BCUT2D eigenvalue weighted by atomic mass is 15.3. The van der Waals surface area contributed by atoms with E-state index in [0.29, 0.717) is 11.7 Å². The molecule has 16 heavy (non-hydrogen) atoms. The molecule has 0 atom stereocenters. The quantitative estimate of drug-likeness (QED) is 0.838. The average molecular weight is 216 g/mol. The Kier molecular flexibility index (Phi) is 2.64. The fourth-order valence-electron chi connectivity index (χ4n) is 1.66. The molecule has 0 saturated heterocycles. The van der Waals surface area contributed by atoms with Gasteiger partial charge in [-0.25, -0.2) is 0 Å². The first kappa shape index (κ1) is 10.7. The Bertz CT molecular complexity index is 499. The minimum absolute atomic E-state index is 0.357. The Hall–Kier alpha value is -1.84. The van der Waals surface area contributed by atoms with E-state index in [1.807, 2.05) is 23.9 Å². The molecule has 0 aromatic carbocycles. The lowest BCUT2D eigenvalue weighted by atomic mass is 10.1. The van der Waals surface area contributed by atoms with E-state index in [0.717, 1.165) is 16.8 Å². The highest BCUT2D eigenvalue weighted by Gasteiger charge is 2.11. The third-order valence-electron chi connectivity index (χ3n) is 2.59. The molecule has 0 aliphatic heterocycles. The summed E-state index contributed by atoms with van der Waals surface area (Å²) < 4.78 is 1.95. The number of anilines is 1. The van der Waals surface area contributed by atoms with Crippen molar-refractivity contribution < 1.29 is 0 Å². The molecule has 0 saturated carbocycles. The summed E-state index contributed by atoms with van der Waals surface area (Å²) in [5.74, 6) is 0. The smallest absolute Gasteiger partial charge is 0.0672 e. The SMILES string of the molecule is Cc1nn(C(C)C)cc1-c1ccncc1N. The lowest BCUT2D eigenvalue weighted by Gasteiger charge is -2.04. The van der Waals surface area contributed by atoms with Crippen molar-refractivity contribution in [2.45, 2.75) is 26.8 Å². The van der Waals surface area contributed by atoms with Gasteiger partial charge >= 0.3 is 0 Å². The molecule has 0 bridgehead atoms.